The summed E-state index contributed by atoms with van der Waals surface area (Å²) in [6.45, 7) is 18.5. The monoisotopic (exact) mass is 539 g/mol. The molecule has 3 aliphatic rings. The normalized spacial score (nSPS) is 28.6. The summed E-state index contributed by atoms with van der Waals surface area (Å²) in [6.07, 6.45) is 5.24. The van der Waals surface area contributed by atoms with Crippen molar-refractivity contribution in [3.05, 3.63) is 35.4 Å². The van der Waals surface area contributed by atoms with Crippen molar-refractivity contribution in [3.63, 3.8) is 0 Å². The van der Waals surface area contributed by atoms with E-state index in [1.165, 1.54) is 18.1 Å². The Bertz CT molecular complexity index is 1040. The summed E-state index contributed by atoms with van der Waals surface area (Å²) < 4.78 is 12.5. The van der Waals surface area contributed by atoms with Gasteiger partial charge in [-0.1, -0.05) is 30.7 Å². The maximum Gasteiger partial charge on any atom is 0.457 e. The standard InChI is InChI=1S/C31H50BN3O4/c1-22(36)33-31(27(37)34-28(2,3)4)19-23(15-17-32-38-29(5,6)30(7,8)39-32)13-14-26(31)21-35-18-16-24-11-9-10-12-25(24)20-35/h9-12,23,26H,13-21H2,1-8H3,(H,33,36)(H,34,37). The molecule has 7 nitrogen and oxygen atoms in total. The van der Waals surface area contributed by atoms with E-state index >= 15 is 0 Å². The number of nitrogens with one attached hydrogen (secondary N) is 2. The van der Waals surface area contributed by atoms with Crippen molar-refractivity contribution >= 4 is 18.9 Å². The van der Waals surface area contributed by atoms with E-state index in [-0.39, 0.29) is 36.1 Å². The second kappa shape index (κ2) is 11.2. The summed E-state index contributed by atoms with van der Waals surface area (Å²) in [5.41, 5.74) is 0.730. The van der Waals surface area contributed by atoms with E-state index < -0.39 is 11.1 Å². The minimum Gasteiger partial charge on any atom is -0.403 e. The van der Waals surface area contributed by atoms with Crippen LogP contribution in [0.4, 0.5) is 0 Å². The summed E-state index contributed by atoms with van der Waals surface area (Å²) in [6, 6.07) is 8.64. The molecule has 0 spiro atoms. The predicted octanol–water partition coefficient (Wildman–Crippen LogP) is 4.73. The van der Waals surface area contributed by atoms with E-state index in [1.54, 1.807) is 0 Å². The molecule has 4 rings (SSSR count). The second-order valence-electron chi connectivity index (χ2n) is 14.2. The Balaban J connectivity index is 1.53. The first-order valence-corrected chi connectivity index (χ1v) is 14.9. The lowest BCUT2D eigenvalue weighted by Crippen LogP contribution is -2.68. The molecule has 1 saturated carbocycles. The number of benzene rings is 1. The second-order valence-corrected chi connectivity index (χ2v) is 14.2. The number of carbonyl (C=O) groups is 2. The minimum absolute atomic E-state index is 0.0297. The molecule has 2 amide bonds. The van der Waals surface area contributed by atoms with Crippen molar-refractivity contribution in [2.24, 2.45) is 11.8 Å². The van der Waals surface area contributed by atoms with Crippen molar-refractivity contribution in [2.75, 3.05) is 13.1 Å². The van der Waals surface area contributed by atoms with Gasteiger partial charge < -0.3 is 19.9 Å². The van der Waals surface area contributed by atoms with E-state index in [1.807, 2.05) is 20.8 Å². The summed E-state index contributed by atoms with van der Waals surface area (Å²) in [4.78, 5) is 29.2. The Kier molecular flexibility index (Phi) is 8.62. The van der Waals surface area contributed by atoms with Crippen LogP contribution in [0.2, 0.25) is 6.32 Å². The number of rotatable bonds is 7. The predicted molar refractivity (Wildman–Crippen MR) is 156 cm³/mol. The Morgan fingerprint density at radius 2 is 1.69 bits per heavy atom. The fourth-order valence-corrected chi connectivity index (χ4v) is 6.63. The summed E-state index contributed by atoms with van der Waals surface area (Å²) >= 11 is 0. The topological polar surface area (TPSA) is 79.9 Å². The maximum atomic E-state index is 14.1. The number of hydrogen-bond acceptors (Lipinski definition) is 5. The van der Waals surface area contributed by atoms with Crippen LogP contribution in [0.1, 0.15) is 92.2 Å². The highest BCUT2D eigenvalue weighted by Crippen LogP contribution is 2.43. The van der Waals surface area contributed by atoms with Crippen molar-refractivity contribution in [3.8, 4) is 0 Å². The first kappa shape index (κ1) is 30.1. The van der Waals surface area contributed by atoms with E-state index in [2.05, 4.69) is 67.5 Å². The van der Waals surface area contributed by atoms with Gasteiger partial charge in [0.05, 0.1) is 11.2 Å². The van der Waals surface area contributed by atoms with Crippen LogP contribution in [0, 0.1) is 11.8 Å². The van der Waals surface area contributed by atoms with Crippen LogP contribution in [0.25, 0.3) is 0 Å². The highest BCUT2D eigenvalue weighted by molar-refractivity contribution is 6.45. The lowest BCUT2D eigenvalue weighted by Gasteiger charge is -2.49. The van der Waals surface area contributed by atoms with Gasteiger partial charge in [0.15, 0.2) is 0 Å². The maximum absolute atomic E-state index is 14.1. The minimum atomic E-state index is -0.949. The third-order valence-electron chi connectivity index (χ3n) is 9.32. The first-order valence-electron chi connectivity index (χ1n) is 14.9. The van der Waals surface area contributed by atoms with Gasteiger partial charge in [-0.3, -0.25) is 14.5 Å². The van der Waals surface area contributed by atoms with Gasteiger partial charge in [0.25, 0.3) is 0 Å². The average Bonchev–Trinajstić information content (AvgIpc) is 3.03. The zero-order chi connectivity index (χ0) is 28.6. The van der Waals surface area contributed by atoms with E-state index in [4.69, 9.17) is 9.31 Å². The van der Waals surface area contributed by atoms with Crippen molar-refractivity contribution in [1.29, 1.82) is 0 Å². The number of hydrogen-bond donors (Lipinski definition) is 2. The van der Waals surface area contributed by atoms with Gasteiger partial charge in [-0.05, 0) is 97.5 Å². The molecule has 2 heterocycles. The Labute approximate surface area is 236 Å². The molecule has 8 heteroatoms. The van der Waals surface area contributed by atoms with Crippen molar-refractivity contribution in [1.82, 2.24) is 15.5 Å². The van der Waals surface area contributed by atoms with Gasteiger partial charge in [-0.2, -0.15) is 0 Å². The van der Waals surface area contributed by atoms with Gasteiger partial charge in [0, 0.05) is 38.0 Å². The highest BCUT2D eigenvalue weighted by atomic mass is 16.7. The molecule has 3 atom stereocenters. The van der Waals surface area contributed by atoms with E-state index in [9.17, 15) is 9.59 Å². The molecule has 1 aromatic carbocycles. The largest absolute Gasteiger partial charge is 0.457 e. The summed E-state index contributed by atoms with van der Waals surface area (Å²) in [7, 11) is -0.250. The molecule has 2 aliphatic heterocycles. The smallest absolute Gasteiger partial charge is 0.403 e. The third kappa shape index (κ3) is 6.88. The summed E-state index contributed by atoms with van der Waals surface area (Å²) in [5, 5.41) is 6.46. The molecule has 216 valence electrons. The van der Waals surface area contributed by atoms with Crippen molar-refractivity contribution < 1.29 is 18.9 Å². The summed E-state index contributed by atoms with van der Waals surface area (Å²) in [5.74, 6) is 0.106. The molecule has 0 radical (unpaired) electrons. The van der Waals surface area contributed by atoms with Crippen LogP contribution in [0.5, 0.6) is 0 Å². The van der Waals surface area contributed by atoms with Crippen LogP contribution >= 0.6 is 0 Å². The van der Waals surface area contributed by atoms with Gasteiger partial charge in [-0.15, -0.1) is 0 Å². The van der Waals surface area contributed by atoms with E-state index in [0.29, 0.717) is 12.3 Å². The quantitative estimate of drug-likeness (QED) is 0.490. The Hall–Kier alpha value is -1.90. The average molecular weight is 540 g/mol. The SMILES string of the molecule is CC(=O)NC1(C(=O)NC(C)(C)C)CC(CCB2OC(C)(C)C(C)(C)O2)CCC1CN1CCc2ccccc2C1. The lowest BCUT2D eigenvalue weighted by atomic mass is 9.64. The highest BCUT2D eigenvalue weighted by Gasteiger charge is 2.53. The molecular formula is C31H50BN3O4. The van der Waals surface area contributed by atoms with Crippen molar-refractivity contribution in [2.45, 2.75) is 123 Å². The molecule has 2 fully saturated rings. The van der Waals surface area contributed by atoms with Gasteiger partial charge in [0.1, 0.15) is 5.54 Å². The zero-order valence-corrected chi connectivity index (χ0v) is 25.5. The van der Waals surface area contributed by atoms with Crippen LogP contribution in [-0.4, -0.2) is 59.2 Å². The van der Waals surface area contributed by atoms with Crippen LogP contribution < -0.4 is 10.6 Å². The molecule has 1 aliphatic carbocycles. The molecule has 1 aromatic rings. The number of nitrogens with zero attached hydrogens (tertiary/aromatic N) is 1. The molecule has 1 saturated heterocycles. The Morgan fingerprint density at radius 3 is 2.31 bits per heavy atom. The fourth-order valence-electron chi connectivity index (χ4n) is 6.63. The molecule has 0 bridgehead atoms. The Morgan fingerprint density at radius 1 is 1.05 bits per heavy atom. The van der Waals surface area contributed by atoms with Gasteiger partial charge >= 0.3 is 7.12 Å². The lowest BCUT2D eigenvalue weighted by molar-refractivity contribution is -0.140. The molecular weight excluding hydrogens is 489 g/mol. The third-order valence-corrected chi connectivity index (χ3v) is 9.32. The van der Waals surface area contributed by atoms with Crippen LogP contribution in [0.15, 0.2) is 24.3 Å². The number of carbonyl (C=O) groups excluding carboxylic acids is 2. The van der Waals surface area contributed by atoms with Crippen LogP contribution in [0.3, 0.4) is 0 Å². The van der Waals surface area contributed by atoms with Crippen LogP contribution in [-0.2, 0) is 31.9 Å². The van der Waals surface area contributed by atoms with E-state index in [0.717, 1.165) is 51.6 Å². The molecule has 2 N–H and O–H groups in total. The fraction of sp³-hybridized carbons (Fsp3) is 0.742. The molecule has 0 aromatic heterocycles. The molecule has 39 heavy (non-hydrogen) atoms. The number of amides is 2. The first-order chi connectivity index (χ1) is 18.1. The molecule has 3 unspecified atom stereocenters. The zero-order valence-electron chi connectivity index (χ0n) is 25.5. The van der Waals surface area contributed by atoms with Gasteiger partial charge in [0.2, 0.25) is 11.8 Å². The van der Waals surface area contributed by atoms with Gasteiger partial charge in [-0.25, -0.2) is 0 Å². The number of fused-ring (bicyclic) bond motifs is 1.